The van der Waals surface area contributed by atoms with E-state index in [-0.39, 0.29) is 36.5 Å². The third kappa shape index (κ3) is 2.66. The number of amides is 2. The molecule has 4 nitrogen and oxygen atoms in total. The van der Waals surface area contributed by atoms with Crippen molar-refractivity contribution < 1.29 is 19.1 Å². The van der Waals surface area contributed by atoms with Gasteiger partial charge in [-0.05, 0) is 30.2 Å². The molecule has 2 amide bonds. The molecule has 1 aromatic carbocycles. The number of nitrogens with zero attached hydrogens (tertiary/aromatic N) is 1. The molecular weight excluding hydrogens is 249 g/mol. The van der Waals surface area contributed by atoms with Gasteiger partial charge < -0.3 is 5.11 Å². The summed E-state index contributed by atoms with van der Waals surface area (Å²) in [4.78, 5) is 24.5. The summed E-state index contributed by atoms with van der Waals surface area (Å²) in [6.45, 7) is 3.29. The normalized spacial score (nSPS) is 21.1. The number of halogens is 1. The van der Waals surface area contributed by atoms with Crippen molar-refractivity contribution in [3.63, 3.8) is 0 Å². The van der Waals surface area contributed by atoms with E-state index >= 15 is 0 Å². The average Bonchev–Trinajstić information content (AvgIpc) is 2.56. The Morgan fingerprint density at radius 2 is 2.16 bits per heavy atom. The smallest absolute Gasteiger partial charge is 0.232 e. The molecule has 2 unspecified atom stereocenters. The standard InChI is InChI=1S/C14H16FNO3/c1-8-5-10(15)3-4-11(8)12(17)7-16-13(18)6-9(2)14(16)19/h3-5,9,12,17H,6-7H2,1-2H3. The molecule has 0 saturated carbocycles. The van der Waals surface area contributed by atoms with E-state index in [4.69, 9.17) is 0 Å². The Hall–Kier alpha value is -1.75. The molecule has 1 aromatic rings. The molecule has 1 saturated heterocycles. The van der Waals surface area contributed by atoms with Crippen LogP contribution >= 0.6 is 0 Å². The lowest BCUT2D eigenvalue weighted by molar-refractivity contribution is -0.140. The molecule has 19 heavy (non-hydrogen) atoms. The summed E-state index contributed by atoms with van der Waals surface area (Å²) in [5.74, 6) is -1.23. The largest absolute Gasteiger partial charge is 0.387 e. The van der Waals surface area contributed by atoms with Gasteiger partial charge in [0.2, 0.25) is 11.8 Å². The molecule has 102 valence electrons. The van der Waals surface area contributed by atoms with Crippen molar-refractivity contribution in [3.05, 3.63) is 35.1 Å². The molecule has 0 aliphatic carbocycles. The van der Waals surface area contributed by atoms with E-state index in [1.54, 1.807) is 13.8 Å². The van der Waals surface area contributed by atoms with Gasteiger partial charge in [-0.15, -0.1) is 0 Å². The van der Waals surface area contributed by atoms with Crippen LogP contribution in [0.3, 0.4) is 0 Å². The molecule has 1 N–H and O–H groups in total. The highest BCUT2D eigenvalue weighted by molar-refractivity contribution is 6.03. The van der Waals surface area contributed by atoms with Crippen LogP contribution in [0.15, 0.2) is 18.2 Å². The Kier molecular flexibility index (Phi) is 3.66. The van der Waals surface area contributed by atoms with Crippen LogP contribution in [0.25, 0.3) is 0 Å². The van der Waals surface area contributed by atoms with Gasteiger partial charge in [0.15, 0.2) is 0 Å². The van der Waals surface area contributed by atoms with Crippen LogP contribution in [0.1, 0.15) is 30.6 Å². The quantitative estimate of drug-likeness (QED) is 0.844. The first-order chi connectivity index (χ1) is 8.90. The fourth-order valence-electron chi connectivity index (χ4n) is 2.32. The second-order valence-electron chi connectivity index (χ2n) is 4.96. The number of rotatable bonds is 3. The molecule has 1 aliphatic rings. The topological polar surface area (TPSA) is 57.6 Å². The van der Waals surface area contributed by atoms with Crippen LogP contribution in [-0.4, -0.2) is 28.4 Å². The van der Waals surface area contributed by atoms with Crippen LogP contribution in [0.5, 0.6) is 0 Å². The number of hydrogen-bond donors (Lipinski definition) is 1. The zero-order valence-corrected chi connectivity index (χ0v) is 10.9. The Labute approximate surface area is 110 Å². The summed E-state index contributed by atoms with van der Waals surface area (Å²) in [6.07, 6.45) is -0.799. The molecule has 0 aromatic heterocycles. The molecule has 1 aliphatic heterocycles. The number of benzene rings is 1. The van der Waals surface area contributed by atoms with Crippen molar-refractivity contribution in [3.8, 4) is 0 Å². The third-order valence-electron chi connectivity index (χ3n) is 3.42. The number of carbonyl (C=O) groups is 2. The second-order valence-corrected chi connectivity index (χ2v) is 4.96. The lowest BCUT2D eigenvalue weighted by atomic mass is 10.0. The van der Waals surface area contributed by atoms with Crippen LogP contribution in [0.4, 0.5) is 4.39 Å². The molecule has 1 fully saturated rings. The zero-order chi connectivity index (χ0) is 14.2. The predicted molar refractivity (Wildman–Crippen MR) is 66.6 cm³/mol. The van der Waals surface area contributed by atoms with E-state index in [1.807, 2.05) is 0 Å². The number of likely N-dealkylation sites (tertiary alicyclic amines) is 1. The molecule has 0 bridgehead atoms. The fourth-order valence-corrected chi connectivity index (χ4v) is 2.32. The average molecular weight is 265 g/mol. The lowest BCUT2D eigenvalue weighted by Gasteiger charge is -2.20. The van der Waals surface area contributed by atoms with Crippen molar-refractivity contribution in [2.24, 2.45) is 5.92 Å². The molecule has 2 atom stereocenters. The first kappa shape index (κ1) is 13.7. The summed E-state index contributed by atoms with van der Waals surface area (Å²) in [5, 5.41) is 10.1. The van der Waals surface area contributed by atoms with Gasteiger partial charge in [-0.2, -0.15) is 0 Å². The molecule has 0 radical (unpaired) electrons. The van der Waals surface area contributed by atoms with Crippen molar-refractivity contribution in [2.45, 2.75) is 26.4 Å². The van der Waals surface area contributed by atoms with E-state index in [9.17, 15) is 19.1 Å². The van der Waals surface area contributed by atoms with Gasteiger partial charge in [-0.1, -0.05) is 13.0 Å². The SMILES string of the molecule is Cc1cc(F)ccc1C(O)CN1C(=O)CC(C)C1=O. The number of β-amino-alcohol motifs (C(OH)–C–C–N with tert-alkyl or cyclic N) is 1. The summed E-state index contributed by atoms with van der Waals surface area (Å²) >= 11 is 0. The maximum absolute atomic E-state index is 13.0. The van der Waals surface area contributed by atoms with Gasteiger partial charge in [-0.25, -0.2) is 4.39 Å². The minimum Gasteiger partial charge on any atom is -0.387 e. The Morgan fingerprint density at radius 1 is 1.47 bits per heavy atom. The molecule has 5 heteroatoms. The lowest BCUT2D eigenvalue weighted by Crippen LogP contribution is -2.34. The fraction of sp³-hybridized carbons (Fsp3) is 0.429. The van der Waals surface area contributed by atoms with Crippen molar-refractivity contribution in [2.75, 3.05) is 6.54 Å². The molecular formula is C14H16FNO3. The minimum absolute atomic E-state index is 0.0749. The Morgan fingerprint density at radius 3 is 2.68 bits per heavy atom. The van der Waals surface area contributed by atoms with Crippen LogP contribution in [0.2, 0.25) is 0 Å². The van der Waals surface area contributed by atoms with Gasteiger partial charge in [0, 0.05) is 12.3 Å². The predicted octanol–water partition coefficient (Wildman–Crippen LogP) is 1.56. The van der Waals surface area contributed by atoms with E-state index in [1.165, 1.54) is 18.2 Å². The number of aliphatic hydroxyl groups is 1. The highest BCUT2D eigenvalue weighted by Crippen LogP contribution is 2.24. The van der Waals surface area contributed by atoms with Gasteiger partial charge in [0.05, 0.1) is 12.6 Å². The summed E-state index contributed by atoms with van der Waals surface area (Å²) in [7, 11) is 0. The number of carbonyl (C=O) groups excluding carboxylic acids is 2. The van der Waals surface area contributed by atoms with E-state index in [2.05, 4.69) is 0 Å². The van der Waals surface area contributed by atoms with Crippen molar-refractivity contribution >= 4 is 11.8 Å². The van der Waals surface area contributed by atoms with E-state index < -0.39 is 6.10 Å². The Bertz CT molecular complexity index is 529. The first-order valence-corrected chi connectivity index (χ1v) is 6.18. The first-order valence-electron chi connectivity index (χ1n) is 6.18. The maximum atomic E-state index is 13.0. The number of imide groups is 1. The molecule has 0 spiro atoms. The highest BCUT2D eigenvalue weighted by atomic mass is 19.1. The monoisotopic (exact) mass is 265 g/mol. The van der Waals surface area contributed by atoms with Gasteiger partial charge in [-0.3, -0.25) is 14.5 Å². The van der Waals surface area contributed by atoms with Crippen molar-refractivity contribution in [1.82, 2.24) is 4.90 Å². The van der Waals surface area contributed by atoms with Gasteiger partial charge in [0.25, 0.3) is 0 Å². The molecule has 2 rings (SSSR count). The van der Waals surface area contributed by atoms with Gasteiger partial charge in [0.1, 0.15) is 5.82 Å². The molecule has 1 heterocycles. The minimum atomic E-state index is -0.987. The number of hydrogen-bond acceptors (Lipinski definition) is 3. The summed E-state index contributed by atoms with van der Waals surface area (Å²) < 4.78 is 13.0. The van der Waals surface area contributed by atoms with Crippen LogP contribution in [0, 0.1) is 18.7 Å². The summed E-state index contributed by atoms with van der Waals surface area (Å²) in [6, 6.07) is 4.04. The second kappa shape index (κ2) is 5.09. The highest BCUT2D eigenvalue weighted by Gasteiger charge is 2.36. The zero-order valence-electron chi connectivity index (χ0n) is 10.9. The van der Waals surface area contributed by atoms with E-state index in [0.29, 0.717) is 11.1 Å². The van der Waals surface area contributed by atoms with Crippen molar-refractivity contribution in [1.29, 1.82) is 0 Å². The van der Waals surface area contributed by atoms with E-state index in [0.717, 1.165) is 4.90 Å². The van der Waals surface area contributed by atoms with Crippen LogP contribution in [-0.2, 0) is 9.59 Å². The number of aliphatic hydroxyl groups excluding tert-OH is 1. The number of aryl methyl sites for hydroxylation is 1. The van der Waals surface area contributed by atoms with Gasteiger partial charge >= 0.3 is 0 Å². The third-order valence-corrected chi connectivity index (χ3v) is 3.42. The summed E-state index contributed by atoms with van der Waals surface area (Å²) in [5.41, 5.74) is 1.13. The van der Waals surface area contributed by atoms with Crippen LogP contribution < -0.4 is 0 Å². The maximum Gasteiger partial charge on any atom is 0.232 e. The Balaban J connectivity index is 2.15.